The Morgan fingerprint density at radius 3 is 2.54 bits per heavy atom. The Bertz CT molecular complexity index is 575. The summed E-state index contributed by atoms with van der Waals surface area (Å²) < 4.78 is 6.68. The van der Waals surface area contributed by atoms with Gasteiger partial charge < -0.3 is 9.64 Å². The number of halogens is 1. The monoisotopic (exact) mass is 396 g/mol. The number of rotatable bonds is 3. The van der Waals surface area contributed by atoms with Crippen LogP contribution in [0.5, 0.6) is 0 Å². The lowest BCUT2D eigenvalue weighted by molar-refractivity contribution is 0.0149. The van der Waals surface area contributed by atoms with Crippen LogP contribution in [-0.4, -0.2) is 47.7 Å². The average molecular weight is 397 g/mol. The van der Waals surface area contributed by atoms with Crippen molar-refractivity contribution < 1.29 is 9.53 Å². The number of carbonyl (C=O) groups is 1. The summed E-state index contributed by atoms with van der Waals surface area (Å²) in [5.41, 5.74) is 2.16. The van der Waals surface area contributed by atoms with E-state index in [9.17, 15) is 4.79 Å². The Labute approximate surface area is 154 Å². The van der Waals surface area contributed by atoms with Crippen LogP contribution in [0.4, 0.5) is 4.79 Å². The fraction of sp³-hybridized carbons (Fsp3) is 0.632. The number of likely N-dealkylation sites (tertiary alicyclic amines) is 1. The number of carbonyl (C=O) groups excluding carboxylic acids is 1. The van der Waals surface area contributed by atoms with Crippen molar-refractivity contribution in [3.05, 3.63) is 33.8 Å². The van der Waals surface area contributed by atoms with Crippen molar-refractivity contribution in [3.8, 4) is 0 Å². The van der Waals surface area contributed by atoms with E-state index >= 15 is 0 Å². The highest BCUT2D eigenvalue weighted by Gasteiger charge is 2.28. The maximum Gasteiger partial charge on any atom is 0.410 e. The van der Waals surface area contributed by atoms with Gasteiger partial charge in [0.1, 0.15) is 5.60 Å². The second-order valence-electron chi connectivity index (χ2n) is 7.65. The standard InChI is InChI=1S/C19H29BrN2O2/c1-14-7-6-8-15(17(14)20)13-22-11-9-16(10-12-22)21(5)18(23)24-19(2,3)4/h6-8,16H,9-13H2,1-5H3. The minimum absolute atomic E-state index is 0.220. The van der Waals surface area contributed by atoms with Gasteiger partial charge in [0, 0.05) is 37.2 Å². The second kappa shape index (κ2) is 7.87. The van der Waals surface area contributed by atoms with Crippen molar-refractivity contribution in [2.24, 2.45) is 0 Å². The molecule has 0 N–H and O–H groups in total. The van der Waals surface area contributed by atoms with E-state index in [1.54, 1.807) is 4.90 Å². The third-order valence-electron chi connectivity index (χ3n) is 4.45. The zero-order valence-corrected chi connectivity index (χ0v) is 17.0. The summed E-state index contributed by atoms with van der Waals surface area (Å²) in [7, 11) is 1.85. The van der Waals surface area contributed by atoms with E-state index in [1.807, 2.05) is 27.8 Å². The quantitative estimate of drug-likeness (QED) is 0.748. The summed E-state index contributed by atoms with van der Waals surface area (Å²) in [6, 6.07) is 6.67. The second-order valence-corrected chi connectivity index (χ2v) is 8.44. The smallest absolute Gasteiger partial charge is 0.410 e. The van der Waals surface area contributed by atoms with Crippen LogP contribution >= 0.6 is 15.9 Å². The SMILES string of the molecule is Cc1cccc(CN2CCC(N(C)C(=O)OC(C)(C)C)CC2)c1Br. The van der Waals surface area contributed by atoms with E-state index in [0.29, 0.717) is 0 Å². The zero-order valence-electron chi connectivity index (χ0n) is 15.4. The highest BCUT2D eigenvalue weighted by atomic mass is 79.9. The van der Waals surface area contributed by atoms with Crippen LogP contribution in [0, 0.1) is 6.92 Å². The average Bonchev–Trinajstić information content (AvgIpc) is 2.50. The summed E-state index contributed by atoms with van der Waals surface area (Å²) in [5, 5.41) is 0. The minimum atomic E-state index is -0.441. The number of ether oxygens (including phenoxy) is 1. The van der Waals surface area contributed by atoms with E-state index in [2.05, 4.69) is 46.0 Å². The normalized spacial score (nSPS) is 16.9. The predicted octanol–water partition coefficient (Wildman–Crippen LogP) is 4.59. The van der Waals surface area contributed by atoms with E-state index in [0.717, 1.165) is 32.5 Å². The fourth-order valence-electron chi connectivity index (χ4n) is 3.02. The van der Waals surface area contributed by atoms with Gasteiger partial charge in [-0.05, 0) is 51.7 Å². The minimum Gasteiger partial charge on any atom is -0.444 e. The lowest BCUT2D eigenvalue weighted by Crippen LogP contribution is -2.46. The predicted molar refractivity (Wildman–Crippen MR) is 101 cm³/mol. The molecule has 1 heterocycles. The van der Waals surface area contributed by atoms with Crippen molar-refractivity contribution in [2.75, 3.05) is 20.1 Å². The van der Waals surface area contributed by atoms with Crippen LogP contribution in [-0.2, 0) is 11.3 Å². The molecule has 0 bridgehead atoms. The fourth-order valence-corrected chi connectivity index (χ4v) is 3.41. The lowest BCUT2D eigenvalue weighted by Gasteiger charge is -2.37. The van der Waals surface area contributed by atoms with Crippen LogP contribution in [0.15, 0.2) is 22.7 Å². The highest BCUT2D eigenvalue weighted by molar-refractivity contribution is 9.10. The van der Waals surface area contributed by atoms with Crippen molar-refractivity contribution in [1.29, 1.82) is 0 Å². The lowest BCUT2D eigenvalue weighted by atomic mass is 10.0. The van der Waals surface area contributed by atoms with E-state index < -0.39 is 5.60 Å². The van der Waals surface area contributed by atoms with Crippen LogP contribution in [0.2, 0.25) is 0 Å². The summed E-state index contributed by atoms with van der Waals surface area (Å²) in [4.78, 5) is 16.4. The van der Waals surface area contributed by atoms with Gasteiger partial charge in [0.05, 0.1) is 0 Å². The van der Waals surface area contributed by atoms with Crippen molar-refractivity contribution in [2.45, 2.75) is 58.7 Å². The van der Waals surface area contributed by atoms with Crippen molar-refractivity contribution >= 4 is 22.0 Å². The molecule has 5 heteroatoms. The molecule has 1 aliphatic rings. The molecule has 0 aliphatic carbocycles. The van der Waals surface area contributed by atoms with Gasteiger partial charge in [0.25, 0.3) is 0 Å². The van der Waals surface area contributed by atoms with Gasteiger partial charge in [-0.25, -0.2) is 4.79 Å². The van der Waals surface area contributed by atoms with Gasteiger partial charge >= 0.3 is 6.09 Å². The third kappa shape index (κ3) is 5.21. The van der Waals surface area contributed by atoms with Crippen LogP contribution in [0.3, 0.4) is 0 Å². The molecule has 134 valence electrons. The largest absolute Gasteiger partial charge is 0.444 e. The van der Waals surface area contributed by atoms with Gasteiger partial charge in [-0.2, -0.15) is 0 Å². The Kier molecular flexibility index (Phi) is 6.32. The number of nitrogens with zero attached hydrogens (tertiary/aromatic N) is 2. The van der Waals surface area contributed by atoms with Gasteiger partial charge in [-0.3, -0.25) is 4.90 Å². The van der Waals surface area contributed by atoms with Gasteiger partial charge in [-0.1, -0.05) is 34.1 Å². The molecule has 24 heavy (non-hydrogen) atoms. The maximum absolute atomic E-state index is 12.2. The molecule has 0 unspecified atom stereocenters. The van der Waals surface area contributed by atoms with Gasteiger partial charge in [0.2, 0.25) is 0 Å². The molecular weight excluding hydrogens is 368 g/mol. The summed E-state index contributed by atoms with van der Waals surface area (Å²) >= 11 is 3.69. The Hall–Kier alpha value is -1.07. The highest BCUT2D eigenvalue weighted by Crippen LogP contribution is 2.25. The first-order valence-corrected chi connectivity index (χ1v) is 9.39. The van der Waals surface area contributed by atoms with Gasteiger partial charge in [0.15, 0.2) is 0 Å². The third-order valence-corrected chi connectivity index (χ3v) is 5.59. The number of amides is 1. The molecule has 0 aromatic heterocycles. The molecule has 2 rings (SSSR count). The summed E-state index contributed by atoms with van der Waals surface area (Å²) in [5.74, 6) is 0. The molecule has 1 aliphatic heterocycles. The molecule has 0 atom stereocenters. The van der Waals surface area contributed by atoms with Crippen molar-refractivity contribution in [1.82, 2.24) is 9.80 Å². The molecule has 0 spiro atoms. The Balaban J connectivity index is 1.87. The van der Waals surface area contributed by atoms with Crippen molar-refractivity contribution in [3.63, 3.8) is 0 Å². The molecule has 1 aromatic rings. The van der Waals surface area contributed by atoms with Crippen LogP contribution in [0.1, 0.15) is 44.7 Å². The first-order chi connectivity index (χ1) is 11.2. The molecule has 1 aromatic carbocycles. The van der Waals surface area contributed by atoms with E-state index in [4.69, 9.17) is 4.74 Å². The number of hydrogen-bond donors (Lipinski definition) is 0. The molecule has 0 radical (unpaired) electrons. The molecule has 1 fully saturated rings. The Morgan fingerprint density at radius 1 is 1.33 bits per heavy atom. The van der Waals surface area contributed by atoms with E-state index in [1.165, 1.54) is 15.6 Å². The first-order valence-electron chi connectivity index (χ1n) is 8.59. The number of aryl methyl sites for hydroxylation is 1. The zero-order chi connectivity index (χ0) is 17.9. The molecule has 0 saturated carbocycles. The molecule has 1 amide bonds. The number of hydrogen-bond acceptors (Lipinski definition) is 3. The van der Waals surface area contributed by atoms with Gasteiger partial charge in [-0.15, -0.1) is 0 Å². The number of piperidine rings is 1. The molecular formula is C19H29BrN2O2. The Morgan fingerprint density at radius 2 is 1.96 bits per heavy atom. The molecule has 1 saturated heterocycles. The summed E-state index contributed by atoms with van der Waals surface area (Å²) in [6.45, 7) is 10.8. The van der Waals surface area contributed by atoms with Crippen LogP contribution < -0.4 is 0 Å². The van der Waals surface area contributed by atoms with E-state index in [-0.39, 0.29) is 12.1 Å². The van der Waals surface area contributed by atoms with Crippen LogP contribution in [0.25, 0.3) is 0 Å². The summed E-state index contributed by atoms with van der Waals surface area (Å²) in [6.07, 6.45) is 1.75. The number of benzene rings is 1. The topological polar surface area (TPSA) is 32.8 Å². The molecule has 4 nitrogen and oxygen atoms in total. The first kappa shape index (κ1) is 19.3. The maximum atomic E-state index is 12.2.